The van der Waals surface area contributed by atoms with Crippen LogP contribution in [0.5, 0.6) is 0 Å². The molecule has 3 heterocycles. The first-order valence-corrected chi connectivity index (χ1v) is 11.4. The number of anilines is 3. The third-order valence-electron chi connectivity index (χ3n) is 6.56. The van der Waals surface area contributed by atoms with Gasteiger partial charge in [0.05, 0.1) is 11.1 Å². The number of pyridine rings is 1. The van der Waals surface area contributed by atoms with E-state index in [1.54, 1.807) is 36.2 Å². The van der Waals surface area contributed by atoms with Crippen LogP contribution < -0.4 is 10.2 Å². The molecule has 0 aliphatic carbocycles. The summed E-state index contributed by atoms with van der Waals surface area (Å²) in [4.78, 5) is 21.4. The van der Waals surface area contributed by atoms with E-state index in [4.69, 9.17) is 0 Å². The Hall–Kier alpha value is -3.78. The Bertz CT molecular complexity index is 1310. The van der Waals surface area contributed by atoms with Gasteiger partial charge in [-0.3, -0.25) is 9.89 Å². The Morgan fingerprint density at radius 1 is 1.09 bits per heavy atom. The van der Waals surface area contributed by atoms with Gasteiger partial charge in [-0.15, -0.1) is 0 Å². The zero-order chi connectivity index (χ0) is 23.7. The van der Waals surface area contributed by atoms with E-state index in [2.05, 4.69) is 44.6 Å². The van der Waals surface area contributed by atoms with E-state index in [0.29, 0.717) is 39.8 Å². The number of aromatic nitrogens is 3. The fourth-order valence-corrected chi connectivity index (χ4v) is 4.45. The molecule has 4 aromatic rings. The molecule has 0 bridgehead atoms. The number of aromatic amines is 1. The average Bonchev–Trinajstić information content (AvgIpc) is 3.26. The van der Waals surface area contributed by atoms with Gasteiger partial charge in [0.15, 0.2) is 11.5 Å². The zero-order valence-corrected chi connectivity index (χ0v) is 19.3. The number of carbonyl (C=O) groups is 1. The van der Waals surface area contributed by atoms with E-state index in [9.17, 15) is 9.18 Å². The quantitative estimate of drug-likeness (QED) is 0.444. The highest BCUT2D eigenvalue weighted by atomic mass is 19.1. The number of fused-ring (bicyclic) bond motifs is 1. The minimum Gasteiger partial charge on any atom is -0.327 e. The number of nitrogens with one attached hydrogen (secondary N) is 2. The van der Waals surface area contributed by atoms with Gasteiger partial charge in [0.2, 0.25) is 0 Å². The third-order valence-corrected chi connectivity index (χ3v) is 6.56. The average molecular weight is 459 g/mol. The van der Waals surface area contributed by atoms with Gasteiger partial charge in [0, 0.05) is 12.6 Å². The first-order chi connectivity index (χ1) is 16.5. The van der Waals surface area contributed by atoms with Crippen LogP contribution in [0.2, 0.25) is 0 Å². The van der Waals surface area contributed by atoms with E-state index < -0.39 is 0 Å². The van der Waals surface area contributed by atoms with Gasteiger partial charge in [-0.2, -0.15) is 5.10 Å². The maximum Gasteiger partial charge on any atom is 0.256 e. The summed E-state index contributed by atoms with van der Waals surface area (Å²) in [5.74, 6) is 0.962. The van der Waals surface area contributed by atoms with E-state index >= 15 is 0 Å². The Morgan fingerprint density at radius 2 is 1.82 bits per heavy atom. The molecule has 1 aliphatic heterocycles. The number of para-hydroxylation sites is 1. The van der Waals surface area contributed by atoms with Crippen molar-refractivity contribution in [1.29, 1.82) is 0 Å². The number of hydrogen-bond acceptors (Lipinski definition) is 5. The second-order valence-electron chi connectivity index (χ2n) is 8.80. The van der Waals surface area contributed by atoms with E-state index in [0.717, 1.165) is 25.9 Å². The number of benzene rings is 2. The molecule has 1 saturated heterocycles. The molecule has 174 valence electrons. The molecule has 5 rings (SSSR count). The number of amides is 1. The van der Waals surface area contributed by atoms with Gasteiger partial charge < -0.3 is 15.1 Å². The van der Waals surface area contributed by atoms with Crippen LogP contribution >= 0.6 is 0 Å². The van der Waals surface area contributed by atoms with Crippen LogP contribution in [0.15, 0.2) is 60.7 Å². The number of rotatable bonds is 5. The van der Waals surface area contributed by atoms with Crippen molar-refractivity contribution in [2.45, 2.75) is 18.8 Å². The van der Waals surface area contributed by atoms with Crippen LogP contribution in [0.3, 0.4) is 0 Å². The molecule has 0 unspecified atom stereocenters. The molecule has 0 saturated carbocycles. The SMILES string of the molecule is CN1CCC(c2ccc(C(=O)Nc3n[nH]c4nc(N(C)c5ccccc5F)ccc34)cc2)CC1. The molecule has 0 radical (unpaired) electrons. The summed E-state index contributed by atoms with van der Waals surface area (Å²) in [6, 6.07) is 18.0. The fourth-order valence-electron chi connectivity index (χ4n) is 4.45. The van der Waals surface area contributed by atoms with Crippen molar-refractivity contribution in [3.05, 3.63) is 77.6 Å². The van der Waals surface area contributed by atoms with Gasteiger partial charge in [-0.1, -0.05) is 24.3 Å². The topological polar surface area (TPSA) is 77.1 Å². The second kappa shape index (κ2) is 9.23. The largest absolute Gasteiger partial charge is 0.327 e. The lowest BCUT2D eigenvalue weighted by Crippen LogP contribution is -2.29. The zero-order valence-electron chi connectivity index (χ0n) is 19.3. The maximum atomic E-state index is 14.2. The van der Waals surface area contributed by atoms with Crippen molar-refractivity contribution >= 4 is 34.3 Å². The van der Waals surface area contributed by atoms with Crippen LogP contribution in [-0.2, 0) is 0 Å². The standard InChI is InChI=1S/C26H27FN6O/c1-32-15-13-18(14-16-32)17-7-9-19(10-8-17)26(34)29-25-20-11-12-23(28-24(20)30-31-25)33(2)22-6-4-3-5-21(22)27/h3-12,18H,13-16H2,1-2H3,(H2,28,29,30,31,34). The van der Waals surface area contributed by atoms with Crippen molar-refractivity contribution < 1.29 is 9.18 Å². The molecule has 2 N–H and O–H groups in total. The monoisotopic (exact) mass is 458 g/mol. The van der Waals surface area contributed by atoms with Gasteiger partial charge in [0.25, 0.3) is 5.91 Å². The van der Waals surface area contributed by atoms with Crippen LogP contribution in [-0.4, -0.2) is 53.2 Å². The van der Waals surface area contributed by atoms with Crippen LogP contribution in [0.4, 0.5) is 21.7 Å². The van der Waals surface area contributed by atoms with E-state index in [1.807, 2.05) is 18.2 Å². The minimum atomic E-state index is -0.327. The molecule has 2 aromatic heterocycles. The van der Waals surface area contributed by atoms with Crippen molar-refractivity contribution in [1.82, 2.24) is 20.1 Å². The number of nitrogens with zero attached hydrogens (tertiary/aromatic N) is 4. The summed E-state index contributed by atoms with van der Waals surface area (Å²) in [5, 5.41) is 10.7. The number of H-pyrrole nitrogens is 1. The highest BCUT2D eigenvalue weighted by molar-refractivity contribution is 6.07. The van der Waals surface area contributed by atoms with Crippen LogP contribution in [0.1, 0.15) is 34.7 Å². The predicted molar refractivity (Wildman–Crippen MR) is 132 cm³/mol. The highest BCUT2D eigenvalue weighted by Gasteiger charge is 2.19. The molecule has 1 aliphatic rings. The first-order valence-electron chi connectivity index (χ1n) is 11.4. The molecule has 2 aromatic carbocycles. The molecular weight excluding hydrogens is 431 g/mol. The number of carbonyl (C=O) groups excluding carboxylic acids is 1. The fraction of sp³-hybridized carbons (Fsp3) is 0.269. The number of piperidine rings is 1. The molecular formula is C26H27FN6O. The van der Waals surface area contributed by atoms with Gasteiger partial charge in [0.1, 0.15) is 11.6 Å². The number of hydrogen-bond donors (Lipinski definition) is 2. The first kappa shape index (κ1) is 22.0. The molecule has 34 heavy (non-hydrogen) atoms. The predicted octanol–water partition coefficient (Wildman–Crippen LogP) is 4.93. The van der Waals surface area contributed by atoms with Crippen molar-refractivity contribution in [3.8, 4) is 0 Å². The Labute approximate surface area is 197 Å². The summed E-state index contributed by atoms with van der Waals surface area (Å²) in [6.07, 6.45) is 2.28. The third kappa shape index (κ3) is 4.36. The number of likely N-dealkylation sites (tertiary alicyclic amines) is 1. The van der Waals surface area contributed by atoms with Crippen LogP contribution in [0.25, 0.3) is 11.0 Å². The molecule has 1 amide bonds. The van der Waals surface area contributed by atoms with Crippen LogP contribution in [0, 0.1) is 5.82 Å². The Balaban J connectivity index is 1.30. The lowest BCUT2D eigenvalue weighted by Gasteiger charge is -2.29. The summed E-state index contributed by atoms with van der Waals surface area (Å²) in [7, 11) is 3.90. The molecule has 7 nitrogen and oxygen atoms in total. The van der Waals surface area contributed by atoms with E-state index in [1.165, 1.54) is 11.6 Å². The lowest BCUT2D eigenvalue weighted by atomic mass is 9.89. The van der Waals surface area contributed by atoms with Crippen molar-refractivity contribution in [2.75, 3.05) is 37.4 Å². The lowest BCUT2D eigenvalue weighted by molar-refractivity contribution is 0.102. The minimum absolute atomic E-state index is 0.226. The van der Waals surface area contributed by atoms with Gasteiger partial charge >= 0.3 is 0 Å². The highest BCUT2D eigenvalue weighted by Crippen LogP contribution is 2.29. The van der Waals surface area contributed by atoms with Gasteiger partial charge in [-0.25, -0.2) is 9.37 Å². The van der Waals surface area contributed by atoms with Crippen molar-refractivity contribution in [2.24, 2.45) is 0 Å². The van der Waals surface area contributed by atoms with Crippen molar-refractivity contribution in [3.63, 3.8) is 0 Å². The Morgan fingerprint density at radius 3 is 2.56 bits per heavy atom. The smallest absolute Gasteiger partial charge is 0.256 e. The second-order valence-corrected chi connectivity index (χ2v) is 8.80. The molecule has 8 heteroatoms. The summed E-state index contributed by atoms with van der Waals surface area (Å²) in [5.41, 5.74) is 2.79. The molecule has 0 atom stereocenters. The summed E-state index contributed by atoms with van der Waals surface area (Å²) < 4.78 is 14.2. The Kier molecular flexibility index (Phi) is 5.98. The van der Waals surface area contributed by atoms with Gasteiger partial charge in [-0.05, 0) is 80.9 Å². The number of halogens is 1. The maximum absolute atomic E-state index is 14.2. The molecule has 0 spiro atoms. The summed E-state index contributed by atoms with van der Waals surface area (Å²) >= 11 is 0. The normalized spacial score (nSPS) is 14.9. The van der Waals surface area contributed by atoms with E-state index in [-0.39, 0.29) is 11.7 Å². The summed E-state index contributed by atoms with van der Waals surface area (Å²) in [6.45, 7) is 2.20. The molecule has 1 fully saturated rings.